The number of aromatic nitrogens is 4. The quantitative estimate of drug-likeness (QED) is 0.486. The van der Waals surface area contributed by atoms with Crippen LogP contribution in [-0.4, -0.2) is 87.4 Å². The zero-order chi connectivity index (χ0) is 27.5. The number of aryl methyl sites for hydroxylation is 1. The summed E-state index contributed by atoms with van der Waals surface area (Å²) in [5.74, 6) is -0.175. The predicted octanol–water partition coefficient (Wildman–Crippen LogP) is 3.84. The zero-order valence-electron chi connectivity index (χ0n) is 22.4. The topological polar surface area (TPSA) is 100 Å². The van der Waals surface area contributed by atoms with Gasteiger partial charge in [0.1, 0.15) is 23.7 Å². The Hall–Kier alpha value is -2.77. The van der Waals surface area contributed by atoms with Crippen LogP contribution in [0.25, 0.3) is 0 Å². The molecule has 0 aromatic carbocycles. The first-order chi connectivity index (χ1) is 17.9. The molecule has 2 aliphatic rings. The minimum Gasteiger partial charge on any atom is -0.369 e. The molecule has 0 amide bonds. The maximum Gasteiger partial charge on any atom is 0.421 e. The minimum absolute atomic E-state index is 0.0432. The fourth-order valence-electron chi connectivity index (χ4n) is 4.76. The van der Waals surface area contributed by atoms with Crippen LogP contribution in [0.4, 0.5) is 30.6 Å². The number of ether oxygens (including phenoxy) is 1. The first kappa shape index (κ1) is 28.2. The monoisotopic (exact) mass is 538 g/mol. The summed E-state index contributed by atoms with van der Waals surface area (Å²) in [6.07, 6.45) is 0.965. The second-order valence-electron chi connectivity index (χ2n) is 10.5. The Morgan fingerprint density at radius 3 is 2.66 bits per heavy atom. The summed E-state index contributed by atoms with van der Waals surface area (Å²) in [6, 6.07) is 0.281. The Morgan fingerprint density at radius 2 is 1.95 bits per heavy atom. The lowest BCUT2D eigenvalue weighted by molar-refractivity contribution is -0.138. The van der Waals surface area contributed by atoms with E-state index in [-0.39, 0.29) is 36.7 Å². The van der Waals surface area contributed by atoms with Crippen molar-refractivity contribution in [3.05, 3.63) is 23.7 Å². The molecule has 0 bridgehead atoms. The third kappa shape index (κ3) is 7.00. The molecule has 4 rings (SSSR count). The van der Waals surface area contributed by atoms with E-state index in [1.807, 2.05) is 36.5 Å². The molecule has 2 saturated heterocycles. The minimum atomic E-state index is -4.60. The van der Waals surface area contributed by atoms with Gasteiger partial charge in [0, 0.05) is 38.4 Å². The van der Waals surface area contributed by atoms with Crippen molar-refractivity contribution in [1.82, 2.24) is 29.5 Å². The fourth-order valence-corrected chi connectivity index (χ4v) is 4.76. The van der Waals surface area contributed by atoms with Crippen LogP contribution in [-0.2, 0) is 15.7 Å². The fraction of sp³-hybridized carbons (Fsp3) is 0.680. The summed E-state index contributed by atoms with van der Waals surface area (Å²) in [4.78, 5) is 24.1. The van der Waals surface area contributed by atoms with Crippen molar-refractivity contribution < 1.29 is 22.7 Å². The van der Waals surface area contributed by atoms with Crippen molar-refractivity contribution in [2.75, 3.05) is 57.0 Å². The number of piperidine rings is 1. The van der Waals surface area contributed by atoms with Gasteiger partial charge in [0.05, 0.1) is 17.4 Å². The largest absolute Gasteiger partial charge is 0.421 e. The highest BCUT2D eigenvalue weighted by Crippen LogP contribution is 2.34. The van der Waals surface area contributed by atoms with E-state index in [9.17, 15) is 18.0 Å². The Kier molecular flexibility index (Phi) is 8.58. The molecule has 38 heavy (non-hydrogen) atoms. The molecule has 210 valence electrons. The number of halogens is 3. The third-order valence-corrected chi connectivity index (χ3v) is 7.23. The van der Waals surface area contributed by atoms with E-state index in [4.69, 9.17) is 4.74 Å². The molecule has 0 atom stereocenters. The van der Waals surface area contributed by atoms with Gasteiger partial charge in [-0.15, -0.1) is 0 Å². The number of nitrogens with zero attached hydrogens (tertiary/aromatic N) is 6. The Balaban J connectivity index is 1.42. The second kappa shape index (κ2) is 11.5. The number of carbonyl (C=O) groups is 1. The van der Waals surface area contributed by atoms with E-state index < -0.39 is 17.5 Å². The van der Waals surface area contributed by atoms with Crippen LogP contribution < -0.4 is 10.6 Å². The molecule has 2 fully saturated rings. The van der Waals surface area contributed by atoms with Crippen molar-refractivity contribution in [1.29, 1.82) is 0 Å². The van der Waals surface area contributed by atoms with Crippen LogP contribution in [0, 0.1) is 6.92 Å². The number of likely N-dealkylation sites (tertiary alicyclic amines) is 1. The van der Waals surface area contributed by atoms with Crippen LogP contribution >= 0.6 is 0 Å². The van der Waals surface area contributed by atoms with Gasteiger partial charge < -0.3 is 20.3 Å². The molecule has 4 heterocycles. The van der Waals surface area contributed by atoms with Gasteiger partial charge in [-0.1, -0.05) is 0 Å². The van der Waals surface area contributed by atoms with Crippen molar-refractivity contribution in [3.63, 3.8) is 0 Å². The van der Waals surface area contributed by atoms with E-state index in [0.717, 1.165) is 37.8 Å². The predicted molar refractivity (Wildman–Crippen MR) is 137 cm³/mol. The summed E-state index contributed by atoms with van der Waals surface area (Å²) in [6.45, 7) is 9.04. The van der Waals surface area contributed by atoms with Crippen molar-refractivity contribution >= 4 is 23.2 Å². The number of ketones is 1. The van der Waals surface area contributed by atoms with Crippen molar-refractivity contribution in [2.24, 2.45) is 0 Å². The highest BCUT2D eigenvalue weighted by molar-refractivity contribution is 5.80. The average molecular weight is 539 g/mol. The maximum absolute atomic E-state index is 13.7. The van der Waals surface area contributed by atoms with E-state index >= 15 is 0 Å². The summed E-state index contributed by atoms with van der Waals surface area (Å²) < 4.78 is 48.6. The summed E-state index contributed by atoms with van der Waals surface area (Å²) in [5, 5.41) is 10.5. The van der Waals surface area contributed by atoms with E-state index in [2.05, 4.69) is 37.6 Å². The number of hydrogen-bond donors (Lipinski definition) is 2. The van der Waals surface area contributed by atoms with Gasteiger partial charge in [-0.3, -0.25) is 14.4 Å². The van der Waals surface area contributed by atoms with Gasteiger partial charge >= 0.3 is 6.18 Å². The third-order valence-electron chi connectivity index (χ3n) is 7.23. The molecule has 13 heteroatoms. The molecular weight excluding hydrogens is 501 g/mol. The van der Waals surface area contributed by atoms with E-state index in [1.165, 1.54) is 0 Å². The number of Topliss-reactive ketones (excluding diaryl/α,β-unsaturated/α-hetero) is 1. The molecule has 0 unspecified atom stereocenters. The molecule has 2 N–H and O–H groups in total. The van der Waals surface area contributed by atoms with E-state index in [1.54, 1.807) is 0 Å². The number of nitrogens with one attached hydrogen (secondary N) is 2. The number of alkyl halides is 3. The van der Waals surface area contributed by atoms with E-state index in [0.29, 0.717) is 31.6 Å². The van der Waals surface area contributed by atoms with Crippen LogP contribution in [0.2, 0.25) is 0 Å². The number of anilines is 3. The number of hydrogen-bond acceptors (Lipinski definition) is 9. The Bertz CT molecular complexity index is 1110. The second-order valence-corrected chi connectivity index (χ2v) is 10.5. The Morgan fingerprint density at radius 1 is 1.21 bits per heavy atom. The van der Waals surface area contributed by atoms with Gasteiger partial charge in [-0.05, 0) is 60.2 Å². The van der Waals surface area contributed by atoms with Crippen LogP contribution in [0.1, 0.15) is 56.8 Å². The molecule has 2 aromatic rings. The lowest BCUT2D eigenvalue weighted by Gasteiger charge is -2.36. The molecule has 0 saturated carbocycles. The van der Waals surface area contributed by atoms with Crippen molar-refractivity contribution in [3.8, 4) is 0 Å². The molecule has 2 aliphatic heterocycles. The first-order valence-electron chi connectivity index (χ1n) is 13.0. The number of carbonyl (C=O) groups excluding carboxylic acids is 1. The zero-order valence-corrected chi connectivity index (χ0v) is 22.4. The normalized spacial score (nSPS) is 19.9. The summed E-state index contributed by atoms with van der Waals surface area (Å²) in [7, 11) is 2.09. The maximum atomic E-state index is 13.7. The SMILES string of the molecule is Cc1nn(C2CCN(C)CC2)cc1Nc1ncc(C(F)(F)F)c(NCCCN2CCC(=O)COC2(C)C)n1. The van der Waals surface area contributed by atoms with Gasteiger partial charge in [0.25, 0.3) is 0 Å². The molecule has 0 spiro atoms. The van der Waals surface area contributed by atoms with Gasteiger partial charge in [0.15, 0.2) is 5.78 Å². The smallest absolute Gasteiger partial charge is 0.369 e. The summed E-state index contributed by atoms with van der Waals surface area (Å²) >= 11 is 0. The highest BCUT2D eigenvalue weighted by Gasteiger charge is 2.36. The highest BCUT2D eigenvalue weighted by atomic mass is 19.4. The van der Waals surface area contributed by atoms with Crippen LogP contribution in [0.3, 0.4) is 0 Å². The van der Waals surface area contributed by atoms with Gasteiger partial charge in [0.2, 0.25) is 5.95 Å². The molecular formula is C25H37F3N8O2. The standard InChI is InChI=1S/C25H37F3N8O2/c1-17-21(15-36(33-17)18-6-11-34(4)12-7-18)31-23-30-14-20(25(26,27)28)22(32-23)29-9-5-10-35-13-8-19(37)16-38-24(35,2)3/h14-15,18H,5-13,16H2,1-4H3,(H2,29,30,31,32). The van der Waals surface area contributed by atoms with Gasteiger partial charge in [-0.25, -0.2) is 4.98 Å². The molecule has 0 aliphatic carbocycles. The van der Waals surface area contributed by atoms with Crippen LogP contribution in [0.15, 0.2) is 12.4 Å². The average Bonchev–Trinajstić information content (AvgIpc) is 3.15. The number of rotatable bonds is 8. The molecule has 0 radical (unpaired) electrons. The van der Waals surface area contributed by atoms with Crippen molar-refractivity contribution in [2.45, 2.75) is 64.4 Å². The van der Waals surface area contributed by atoms with Gasteiger partial charge in [-0.2, -0.15) is 23.3 Å². The molecule has 10 nitrogen and oxygen atoms in total. The Labute approximate surface area is 220 Å². The van der Waals surface area contributed by atoms with Crippen LogP contribution in [0.5, 0.6) is 0 Å². The first-order valence-corrected chi connectivity index (χ1v) is 13.0. The lowest BCUT2D eigenvalue weighted by Crippen LogP contribution is -2.46. The summed E-state index contributed by atoms with van der Waals surface area (Å²) in [5.41, 5.74) is -0.161. The molecule has 2 aromatic heterocycles. The lowest BCUT2D eigenvalue weighted by atomic mass is 10.1.